The molecule has 0 radical (unpaired) electrons. The molecule has 1 atom stereocenters. The van der Waals surface area contributed by atoms with Crippen molar-refractivity contribution >= 4 is 11.9 Å². The number of nitrogens with two attached hydrogens (primary N) is 1. The highest BCUT2D eigenvalue weighted by Gasteiger charge is 2.26. The number of hydrogen-bond acceptors (Lipinski definition) is 3. The molecule has 1 saturated heterocycles. The molecule has 1 heterocycles. The monoisotopic (exact) mass is 256 g/mol. The Balaban J connectivity index is 2.33. The third-order valence-corrected chi connectivity index (χ3v) is 3.58. The Hall–Kier alpha value is -1.10. The standard InChI is InChI=1S/C13H24N2O3/c1-2-3-4-11(14)13(18)15-7-5-10(6-8-15)9-12(16)17/h10-11H,2-9,14H2,1H3,(H,16,17)/t11-/m0/s1. The van der Waals surface area contributed by atoms with E-state index in [1.807, 2.05) is 0 Å². The first kappa shape index (κ1) is 15.0. The number of amides is 1. The normalized spacial score (nSPS) is 18.7. The van der Waals surface area contributed by atoms with Crippen LogP contribution in [0.3, 0.4) is 0 Å². The van der Waals surface area contributed by atoms with E-state index in [4.69, 9.17) is 10.8 Å². The summed E-state index contributed by atoms with van der Waals surface area (Å²) < 4.78 is 0. The lowest BCUT2D eigenvalue weighted by atomic mass is 9.93. The fourth-order valence-corrected chi connectivity index (χ4v) is 2.39. The van der Waals surface area contributed by atoms with Gasteiger partial charge >= 0.3 is 5.97 Å². The minimum Gasteiger partial charge on any atom is -0.481 e. The van der Waals surface area contributed by atoms with Crippen LogP contribution >= 0.6 is 0 Å². The largest absolute Gasteiger partial charge is 0.481 e. The maximum atomic E-state index is 12.0. The van der Waals surface area contributed by atoms with Crippen LogP contribution in [0, 0.1) is 5.92 Å². The van der Waals surface area contributed by atoms with E-state index >= 15 is 0 Å². The van der Waals surface area contributed by atoms with Gasteiger partial charge in [0.05, 0.1) is 6.04 Å². The molecule has 5 heteroatoms. The molecule has 1 aliphatic heterocycles. The van der Waals surface area contributed by atoms with Gasteiger partial charge in [-0.1, -0.05) is 19.8 Å². The van der Waals surface area contributed by atoms with Gasteiger partial charge in [-0.15, -0.1) is 0 Å². The summed E-state index contributed by atoms with van der Waals surface area (Å²) in [7, 11) is 0. The van der Waals surface area contributed by atoms with Crippen LogP contribution in [-0.4, -0.2) is 41.0 Å². The van der Waals surface area contributed by atoms with Gasteiger partial charge in [-0.3, -0.25) is 9.59 Å². The number of carbonyl (C=O) groups excluding carboxylic acids is 1. The Labute approximate surface area is 108 Å². The van der Waals surface area contributed by atoms with Gasteiger partial charge in [-0.2, -0.15) is 0 Å². The second-order valence-corrected chi connectivity index (χ2v) is 5.12. The second kappa shape index (κ2) is 7.36. The highest BCUT2D eigenvalue weighted by molar-refractivity contribution is 5.81. The highest BCUT2D eigenvalue weighted by Crippen LogP contribution is 2.21. The molecule has 0 saturated carbocycles. The number of carboxylic acids is 1. The average molecular weight is 256 g/mol. The third-order valence-electron chi connectivity index (χ3n) is 3.58. The quantitative estimate of drug-likeness (QED) is 0.748. The predicted molar refractivity (Wildman–Crippen MR) is 69.1 cm³/mol. The second-order valence-electron chi connectivity index (χ2n) is 5.12. The molecular formula is C13H24N2O3. The molecule has 1 fully saturated rings. The number of unbranched alkanes of at least 4 members (excludes halogenated alkanes) is 1. The number of hydrogen-bond donors (Lipinski definition) is 2. The van der Waals surface area contributed by atoms with Crippen molar-refractivity contribution in [3.63, 3.8) is 0 Å². The topological polar surface area (TPSA) is 83.6 Å². The summed E-state index contributed by atoms with van der Waals surface area (Å²) in [5.41, 5.74) is 5.86. The Morgan fingerprint density at radius 2 is 2.00 bits per heavy atom. The van der Waals surface area contributed by atoms with Gasteiger partial charge in [-0.05, 0) is 25.2 Å². The molecule has 1 rings (SSSR count). The number of carbonyl (C=O) groups is 2. The molecule has 18 heavy (non-hydrogen) atoms. The van der Waals surface area contributed by atoms with E-state index in [9.17, 15) is 9.59 Å². The highest BCUT2D eigenvalue weighted by atomic mass is 16.4. The van der Waals surface area contributed by atoms with Crippen LogP contribution in [0.2, 0.25) is 0 Å². The van der Waals surface area contributed by atoms with E-state index < -0.39 is 5.97 Å². The Kier molecular flexibility index (Phi) is 6.12. The zero-order valence-electron chi connectivity index (χ0n) is 11.1. The summed E-state index contributed by atoms with van der Waals surface area (Å²) in [6, 6.07) is -0.388. The van der Waals surface area contributed by atoms with Crippen molar-refractivity contribution in [1.29, 1.82) is 0 Å². The maximum Gasteiger partial charge on any atom is 0.303 e. The number of nitrogens with zero attached hydrogens (tertiary/aromatic N) is 1. The number of rotatable bonds is 6. The summed E-state index contributed by atoms with van der Waals surface area (Å²) in [5, 5.41) is 8.73. The van der Waals surface area contributed by atoms with Gasteiger partial charge in [-0.25, -0.2) is 0 Å². The van der Waals surface area contributed by atoms with E-state index in [1.165, 1.54) is 0 Å². The molecule has 0 bridgehead atoms. The van der Waals surface area contributed by atoms with Crippen molar-refractivity contribution in [3.8, 4) is 0 Å². The third kappa shape index (κ3) is 4.64. The molecule has 104 valence electrons. The van der Waals surface area contributed by atoms with E-state index in [0.29, 0.717) is 13.1 Å². The van der Waals surface area contributed by atoms with E-state index in [2.05, 4.69) is 6.92 Å². The zero-order valence-corrected chi connectivity index (χ0v) is 11.1. The van der Waals surface area contributed by atoms with Crippen LogP contribution in [0.1, 0.15) is 45.4 Å². The van der Waals surface area contributed by atoms with Gasteiger partial charge < -0.3 is 15.7 Å². The van der Waals surface area contributed by atoms with Crippen LogP contribution in [0.5, 0.6) is 0 Å². The maximum absolute atomic E-state index is 12.0. The first-order chi connectivity index (χ1) is 8.54. The van der Waals surface area contributed by atoms with Gasteiger partial charge in [0.2, 0.25) is 5.91 Å². The Morgan fingerprint density at radius 1 is 1.39 bits per heavy atom. The van der Waals surface area contributed by atoms with Crippen LogP contribution in [0.15, 0.2) is 0 Å². The molecule has 5 nitrogen and oxygen atoms in total. The summed E-state index contributed by atoms with van der Waals surface area (Å²) in [6.45, 7) is 3.38. The molecule has 3 N–H and O–H groups in total. The summed E-state index contributed by atoms with van der Waals surface area (Å²) in [6.07, 6.45) is 4.52. The molecule has 0 aromatic carbocycles. The lowest BCUT2D eigenvalue weighted by Gasteiger charge is -2.33. The first-order valence-corrected chi connectivity index (χ1v) is 6.80. The van der Waals surface area contributed by atoms with Crippen molar-refractivity contribution in [3.05, 3.63) is 0 Å². The predicted octanol–water partition coefficient (Wildman–Crippen LogP) is 1.22. The number of piperidine rings is 1. The van der Waals surface area contributed by atoms with Crippen LogP contribution in [0.25, 0.3) is 0 Å². The van der Waals surface area contributed by atoms with E-state index in [-0.39, 0.29) is 24.3 Å². The molecular weight excluding hydrogens is 232 g/mol. The summed E-state index contributed by atoms with van der Waals surface area (Å²) in [4.78, 5) is 24.4. The Morgan fingerprint density at radius 3 is 2.50 bits per heavy atom. The molecule has 0 unspecified atom stereocenters. The van der Waals surface area contributed by atoms with E-state index in [0.717, 1.165) is 32.1 Å². The molecule has 0 aliphatic carbocycles. The van der Waals surface area contributed by atoms with Crippen molar-refractivity contribution in [1.82, 2.24) is 4.90 Å². The molecule has 0 spiro atoms. The van der Waals surface area contributed by atoms with Gasteiger partial charge in [0.25, 0.3) is 0 Å². The van der Waals surface area contributed by atoms with Crippen molar-refractivity contribution in [2.75, 3.05) is 13.1 Å². The number of likely N-dealkylation sites (tertiary alicyclic amines) is 1. The van der Waals surface area contributed by atoms with Crippen LogP contribution < -0.4 is 5.73 Å². The average Bonchev–Trinajstić information content (AvgIpc) is 2.35. The Bertz CT molecular complexity index is 286. The van der Waals surface area contributed by atoms with E-state index in [1.54, 1.807) is 4.90 Å². The zero-order chi connectivity index (χ0) is 13.5. The molecule has 0 aromatic rings. The fourth-order valence-electron chi connectivity index (χ4n) is 2.39. The summed E-state index contributed by atoms with van der Waals surface area (Å²) >= 11 is 0. The van der Waals surface area contributed by atoms with Crippen molar-refractivity contribution < 1.29 is 14.7 Å². The lowest BCUT2D eigenvalue weighted by Crippen LogP contribution is -2.47. The van der Waals surface area contributed by atoms with Gasteiger partial charge in [0.15, 0.2) is 0 Å². The molecule has 1 amide bonds. The van der Waals surface area contributed by atoms with Crippen molar-refractivity contribution in [2.24, 2.45) is 11.7 Å². The van der Waals surface area contributed by atoms with Gasteiger partial charge in [0.1, 0.15) is 0 Å². The van der Waals surface area contributed by atoms with Crippen LogP contribution in [0.4, 0.5) is 0 Å². The molecule has 1 aliphatic rings. The lowest BCUT2D eigenvalue weighted by molar-refractivity contribution is -0.138. The number of aliphatic carboxylic acids is 1. The smallest absolute Gasteiger partial charge is 0.303 e. The number of carboxylic acid groups (broad SMARTS) is 1. The first-order valence-electron chi connectivity index (χ1n) is 6.80. The summed E-state index contributed by atoms with van der Waals surface area (Å²) in [5.74, 6) is -0.518. The SMILES string of the molecule is CCCC[C@H](N)C(=O)N1CCC(CC(=O)O)CC1. The fraction of sp³-hybridized carbons (Fsp3) is 0.846. The van der Waals surface area contributed by atoms with Crippen LogP contribution in [-0.2, 0) is 9.59 Å². The van der Waals surface area contributed by atoms with Gasteiger partial charge in [0, 0.05) is 19.5 Å². The molecule has 0 aromatic heterocycles. The minimum absolute atomic E-state index is 0.0252. The van der Waals surface area contributed by atoms with Crippen molar-refractivity contribution in [2.45, 2.75) is 51.5 Å². The minimum atomic E-state index is -0.751.